The van der Waals surface area contributed by atoms with Gasteiger partial charge >= 0.3 is 5.97 Å². The lowest BCUT2D eigenvalue weighted by Crippen LogP contribution is -2.55. The Hall–Kier alpha value is -5.67. The number of benzene rings is 4. The van der Waals surface area contributed by atoms with Gasteiger partial charge in [0, 0.05) is 30.9 Å². The minimum absolute atomic E-state index is 0.0731. The number of rotatable bonds is 13. The Labute approximate surface area is 347 Å². The smallest absolute Gasteiger partial charge is 0.326 e. The van der Waals surface area contributed by atoms with E-state index in [0.29, 0.717) is 37.0 Å². The van der Waals surface area contributed by atoms with Crippen LogP contribution in [0, 0.1) is 19.8 Å². The largest absolute Gasteiger partial charge is 0.493 e. The van der Waals surface area contributed by atoms with Crippen LogP contribution in [0.2, 0.25) is 0 Å². The molecule has 3 heterocycles. The second kappa shape index (κ2) is 18.1. The van der Waals surface area contributed by atoms with Crippen molar-refractivity contribution >= 4 is 11.9 Å². The summed E-state index contributed by atoms with van der Waals surface area (Å²) in [5, 5.41) is 13.3. The van der Waals surface area contributed by atoms with Gasteiger partial charge in [-0.25, -0.2) is 4.79 Å². The van der Waals surface area contributed by atoms with Crippen molar-refractivity contribution in [3.8, 4) is 28.4 Å². The molecule has 0 spiro atoms. The number of carboxylic acid groups (broad SMARTS) is 1. The number of ether oxygens (including phenoxy) is 3. The van der Waals surface area contributed by atoms with E-state index in [1.54, 1.807) is 6.20 Å². The zero-order chi connectivity index (χ0) is 40.9. The summed E-state index contributed by atoms with van der Waals surface area (Å²) in [5.41, 5.74) is 9.21. The quantitative estimate of drug-likeness (QED) is 0.121. The van der Waals surface area contributed by atoms with Crippen molar-refractivity contribution in [3.05, 3.63) is 142 Å². The Morgan fingerprint density at radius 1 is 0.915 bits per heavy atom. The molecule has 1 aromatic heterocycles. The van der Waals surface area contributed by atoms with E-state index < -0.39 is 18.1 Å². The van der Waals surface area contributed by atoms with Crippen LogP contribution in [-0.4, -0.2) is 52.2 Å². The molecular weight excluding hydrogens is 739 g/mol. The average molecular weight is 794 g/mol. The van der Waals surface area contributed by atoms with E-state index in [1.165, 1.54) is 32.1 Å². The van der Waals surface area contributed by atoms with Crippen LogP contribution in [0.4, 0.5) is 0 Å². The fraction of sp³-hybridized carbons (Fsp3) is 0.380. The first-order valence-electron chi connectivity index (χ1n) is 21.3. The first kappa shape index (κ1) is 40.1. The molecule has 3 aliphatic rings. The Bertz CT molecular complexity index is 2240. The van der Waals surface area contributed by atoms with Gasteiger partial charge in [-0.2, -0.15) is 0 Å². The highest BCUT2D eigenvalue weighted by Crippen LogP contribution is 2.43. The third kappa shape index (κ3) is 9.15. The van der Waals surface area contributed by atoms with E-state index >= 15 is 0 Å². The maximum atomic E-state index is 14.4. The molecule has 1 fully saturated rings. The molecule has 9 heteroatoms. The number of amides is 1. The number of aryl methyl sites for hydroxylation is 1. The standard InChI is InChI=1S/C50H55N3O6/c1-4-44(37-13-9-6-10-14-37)53-29-40-28-47-46(58-31-48(59-47)38-19-21-41(22-20-38)57-30-35-11-7-5-8-12-35)27-39(40)26-45(53)49(54)52-43(50(55)56)25-34-15-17-36(18-16-34)42-23-24-51-33(3)32(42)2/h6,9-10,13-24,27-28,35,43-45,48H,4-5,7-8,11-12,25-26,29-31H2,1-3H3,(H,52,54)(H,55,56)/t43-,44-,45-,48+/m0/s1. The van der Waals surface area contributed by atoms with Gasteiger partial charge in [-0.1, -0.05) is 92.9 Å². The van der Waals surface area contributed by atoms with E-state index in [4.69, 9.17) is 14.2 Å². The molecule has 1 saturated carbocycles. The lowest BCUT2D eigenvalue weighted by atomic mass is 9.89. The summed E-state index contributed by atoms with van der Waals surface area (Å²) in [6.45, 7) is 7.78. The second-order valence-electron chi connectivity index (χ2n) is 16.5. The van der Waals surface area contributed by atoms with E-state index in [1.807, 2.05) is 73.7 Å². The highest BCUT2D eigenvalue weighted by Gasteiger charge is 2.39. The lowest BCUT2D eigenvalue weighted by molar-refractivity contribution is -0.143. The van der Waals surface area contributed by atoms with Gasteiger partial charge in [0.2, 0.25) is 5.91 Å². The molecular formula is C50H55N3O6. The van der Waals surface area contributed by atoms with Gasteiger partial charge in [-0.3, -0.25) is 14.7 Å². The number of aromatic nitrogens is 1. The van der Waals surface area contributed by atoms with Gasteiger partial charge in [-0.15, -0.1) is 0 Å². The first-order valence-corrected chi connectivity index (χ1v) is 21.3. The van der Waals surface area contributed by atoms with Gasteiger partial charge in [-0.05, 0) is 120 Å². The van der Waals surface area contributed by atoms with Gasteiger partial charge in [0.25, 0.3) is 0 Å². The van der Waals surface area contributed by atoms with Crippen molar-refractivity contribution in [3.63, 3.8) is 0 Å². The number of hydrogen-bond donors (Lipinski definition) is 2. The molecule has 306 valence electrons. The van der Waals surface area contributed by atoms with Crippen LogP contribution in [-0.2, 0) is 29.0 Å². The summed E-state index contributed by atoms with van der Waals surface area (Å²) in [5.74, 6) is 1.47. The molecule has 1 amide bonds. The first-order chi connectivity index (χ1) is 28.7. The molecule has 5 aromatic rings. The summed E-state index contributed by atoms with van der Waals surface area (Å²) in [4.78, 5) is 33.7. The molecule has 9 nitrogen and oxygen atoms in total. The number of nitrogens with zero attached hydrogens (tertiary/aromatic N) is 2. The molecule has 2 N–H and O–H groups in total. The number of carboxylic acids is 1. The number of hydrogen-bond acceptors (Lipinski definition) is 7. The van der Waals surface area contributed by atoms with Crippen LogP contribution in [0.25, 0.3) is 11.1 Å². The van der Waals surface area contributed by atoms with E-state index in [2.05, 4.69) is 59.4 Å². The average Bonchev–Trinajstić information content (AvgIpc) is 3.26. The Morgan fingerprint density at radius 2 is 1.66 bits per heavy atom. The van der Waals surface area contributed by atoms with Gasteiger partial charge in [0.05, 0.1) is 12.6 Å². The molecule has 0 unspecified atom stereocenters. The third-order valence-corrected chi connectivity index (χ3v) is 12.6. The molecule has 0 bridgehead atoms. The highest BCUT2D eigenvalue weighted by atomic mass is 16.6. The van der Waals surface area contributed by atoms with Crippen molar-refractivity contribution in [1.29, 1.82) is 0 Å². The summed E-state index contributed by atoms with van der Waals surface area (Å²) in [6, 6.07) is 30.6. The van der Waals surface area contributed by atoms with E-state index in [-0.39, 0.29) is 24.5 Å². The van der Waals surface area contributed by atoms with E-state index in [0.717, 1.165) is 69.0 Å². The van der Waals surface area contributed by atoms with Crippen molar-refractivity contribution in [2.45, 2.75) is 103 Å². The summed E-state index contributed by atoms with van der Waals surface area (Å²) < 4.78 is 19.1. The highest BCUT2D eigenvalue weighted by molar-refractivity contribution is 5.87. The number of carbonyl (C=O) groups excluding carboxylic acids is 1. The fourth-order valence-corrected chi connectivity index (χ4v) is 9.07. The minimum atomic E-state index is -1.10. The molecule has 2 aliphatic heterocycles. The van der Waals surface area contributed by atoms with Gasteiger partial charge < -0.3 is 24.6 Å². The number of pyridine rings is 1. The van der Waals surface area contributed by atoms with Crippen molar-refractivity contribution in [1.82, 2.24) is 15.2 Å². The van der Waals surface area contributed by atoms with Crippen LogP contribution in [0.15, 0.2) is 103 Å². The fourth-order valence-electron chi connectivity index (χ4n) is 9.07. The molecule has 0 saturated heterocycles. The summed E-state index contributed by atoms with van der Waals surface area (Å²) in [7, 11) is 0. The Balaban J connectivity index is 0.994. The SMILES string of the molecule is CC[C@@H](c1ccccc1)N1Cc2cc3c(cc2C[C@H]1C(=O)N[C@@H](Cc1ccc(-c2ccnc(C)c2C)cc1)C(=O)O)OC[C@H](c1ccc(OCC2CCCCC2)cc1)O3. The summed E-state index contributed by atoms with van der Waals surface area (Å²) >= 11 is 0. The maximum Gasteiger partial charge on any atom is 0.326 e. The zero-order valence-electron chi connectivity index (χ0n) is 34.4. The molecule has 4 atom stereocenters. The van der Waals surface area contributed by atoms with Gasteiger partial charge in [0.15, 0.2) is 17.6 Å². The normalized spacial score (nSPS) is 19.0. The lowest BCUT2D eigenvalue weighted by Gasteiger charge is -2.42. The molecule has 0 radical (unpaired) electrons. The van der Waals surface area contributed by atoms with Crippen LogP contribution in [0.3, 0.4) is 0 Å². The van der Waals surface area contributed by atoms with Crippen molar-refractivity contribution < 1.29 is 28.9 Å². The predicted octanol–water partition coefficient (Wildman–Crippen LogP) is 9.53. The molecule has 1 aliphatic carbocycles. The maximum absolute atomic E-state index is 14.4. The monoisotopic (exact) mass is 793 g/mol. The molecule has 4 aromatic carbocycles. The number of fused-ring (bicyclic) bond motifs is 2. The molecule has 59 heavy (non-hydrogen) atoms. The van der Waals surface area contributed by atoms with Crippen LogP contribution < -0.4 is 19.5 Å². The van der Waals surface area contributed by atoms with E-state index in [9.17, 15) is 14.7 Å². The zero-order valence-corrected chi connectivity index (χ0v) is 34.4. The predicted molar refractivity (Wildman–Crippen MR) is 229 cm³/mol. The number of aliphatic carboxylic acids is 1. The second-order valence-corrected chi connectivity index (χ2v) is 16.5. The van der Waals surface area contributed by atoms with Crippen LogP contribution in [0.1, 0.15) is 96.7 Å². The van der Waals surface area contributed by atoms with Crippen LogP contribution in [0.5, 0.6) is 17.2 Å². The number of nitrogens with one attached hydrogen (secondary N) is 1. The van der Waals surface area contributed by atoms with Crippen molar-refractivity contribution in [2.75, 3.05) is 13.2 Å². The van der Waals surface area contributed by atoms with Gasteiger partial charge in [0.1, 0.15) is 18.4 Å². The third-order valence-electron chi connectivity index (χ3n) is 12.6. The Morgan fingerprint density at radius 3 is 2.39 bits per heavy atom. The number of carbonyl (C=O) groups is 2. The minimum Gasteiger partial charge on any atom is -0.493 e. The van der Waals surface area contributed by atoms with Crippen molar-refractivity contribution in [2.24, 2.45) is 5.92 Å². The topological polar surface area (TPSA) is 110 Å². The Kier molecular flexibility index (Phi) is 12.3. The van der Waals surface area contributed by atoms with Crippen LogP contribution >= 0.6 is 0 Å². The summed E-state index contributed by atoms with van der Waals surface area (Å²) in [6.07, 6.45) is 9.29. The molecule has 8 rings (SSSR count).